The standard InChI is InChI=1S/C14H21FN2O2/c1-19-7-5-16-9-13(18)10-17-6-4-11-2-3-12(15)8-14(11)17/h2-3,8,13,16,18H,4-7,9-10H2,1H3. The minimum Gasteiger partial charge on any atom is -0.390 e. The lowest BCUT2D eigenvalue weighted by Gasteiger charge is -2.23. The summed E-state index contributed by atoms with van der Waals surface area (Å²) in [7, 11) is 1.65. The molecule has 0 aromatic heterocycles. The third-order valence-electron chi connectivity index (χ3n) is 3.33. The molecule has 106 valence electrons. The Kier molecular flexibility index (Phi) is 5.13. The van der Waals surface area contributed by atoms with Crippen LogP contribution in [-0.4, -0.2) is 51.1 Å². The number of aliphatic hydroxyl groups excluding tert-OH is 1. The van der Waals surface area contributed by atoms with Crippen molar-refractivity contribution < 1.29 is 14.2 Å². The molecule has 4 nitrogen and oxygen atoms in total. The van der Waals surface area contributed by atoms with E-state index in [1.807, 2.05) is 11.0 Å². The van der Waals surface area contributed by atoms with Gasteiger partial charge in [-0.05, 0) is 24.1 Å². The van der Waals surface area contributed by atoms with Gasteiger partial charge in [-0.25, -0.2) is 4.39 Å². The predicted octanol–water partition coefficient (Wildman–Crippen LogP) is 0.785. The molecule has 1 aliphatic heterocycles. The molecule has 2 N–H and O–H groups in total. The molecule has 1 aromatic carbocycles. The summed E-state index contributed by atoms with van der Waals surface area (Å²) in [4.78, 5) is 2.04. The molecule has 0 saturated carbocycles. The number of hydrogen-bond acceptors (Lipinski definition) is 4. The Hall–Kier alpha value is -1.17. The molecule has 5 heteroatoms. The van der Waals surface area contributed by atoms with Crippen molar-refractivity contribution in [3.8, 4) is 0 Å². The van der Waals surface area contributed by atoms with Crippen LogP contribution in [0.2, 0.25) is 0 Å². The van der Waals surface area contributed by atoms with Crippen LogP contribution in [0.4, 0.5) is 10.1 Å². The summed E-state index contributed by atoms with van der Waals surface area (Å²) in [5.41, 5.74) is 2.07. The molecule has 0 fully saturated rings. The fraction of sp³-hybridized carbons (Fsp3) is 0.571. The highest BCUT2D eigenvalue weighted by Gasteiger charge is 2.21. The summed E-state index contributed by atoms with van der Waals surface area (Å²) in [6, 6.07) is 4.87. The minimum atomic E-state index is -0.467. The van der Waals surface area contributed by atoms with Gasteiger partial charge < -0.3 is 20.1 Å². The van der Waals surface area contributed by atoms with Crippen molar-refractivity contribution in [2.45, 2.75) is 12.5 Å². The number of ether oxygens (including phenoxy) is 1. The minimum absolute atomic E-state index is 0.224. The molecule has 0 radical (unpaired) electrons. The topological polar surface area (TPSA) is 44.7 Å². The number of benzene rings is 1. The molecule has 0 saturated heterocycles. The highest BCUT2D eigenvalue weighted by molar-refractivity contribution is 5.58. The van der Waals surface area contributed by atoms with Gasteiger partial charge >= 0.3 is 0 Å². The summed E-state index contributed by atoms with van der Waals surface area (Å²) < 4.78 is 18.2. The summed E-state index contributed by atoms with van der Waals surface area (Å²) in [6.45, 7) is 3.23. The first-order valence-electron chi connectivity index (χ1n) is 6.62. The fourth-order valence-electron chi connectivity index (χ4n) is 2.37. The quantitative estimate of drug-likeness (QED) is 0.718. The molecule has 1 aliphatic rings. The Morgan fingerprint density at radius 1 is 1.53 bits per heavy atom. The van der Waals surface area contributed by atoms with E-state index in [-0.39, 0.29) is 5.82 Å². The average molecular weight is 268 g/mol. The number of aliphatic hydroxyl groups is 1. The second kappa shape index (κ2) is 6.84. The van der Waals surface area contributed by atoms with Crippen molar-refractivity contribution in [1.82, 2.24) is 5.32 Å². The summed E-state index contributed by atoms with van der Waals surface area (Å²) in [5, 5.41) is 13.1. The highest BCUT2D eigenvalue weighted by atomic mass is 19.1. The Bertz CT molecular complexity index is 414. The lowest BCUT2D eigenvalue weighted by Crippen LogP contribution is -2.38. The second-order valence-corrected chi connectivity index (χ2v) is 4.82. The zero-order valence-corrected chi connectivity index (χ0v) is 11.2. The summed E-state index contributed by atoms with van der Waals surface area (Å²) in [5.74, 6) is -0.224. The number of rotatable bonds is 7. The van der Waals surface area contributed by atoms with Crippen LogP contribution < -0.4 is 10.2 Å². The average Bonchev–Trinajstić information content (AvgIpc) is 2.77. The van der Waals surface area contributed by atoms with Gasteiger partial charge in [-0.3, -0.25) is 0 Å². The number of halogens is 1. The number of anilines is 1. The summed E-state index contributed by atoms with van der Waals surface area (Å²) >= 11 is 0. The molecule has 0 aliphatic carbocycles. The molecule has 1 atom stereocenters. The molecule has 19 heavy (non-hydrogen) atoms. The van der Waals surface area contributed by atoms with E-state index in [0.29, 0.717) is 19.7 Å². The number of nitrogens with one attached hydrogen (secondary N) is 1. The van der Waals surface area contributed by atoms with Crippen LogP contribution in [0.15, 0.2) is 18.2 Å². The number of hydrogen-bond donors (Lipinski definition) is 2. The molecule has 1 aromatic rings. The molecular formula is C14H21FN2O2. The largest absolute Gasteiger partial charge is 0.390 e. The Labute approximate surface area is 113 Å². The first-order chi connectivity index (χ1) is 9.20. The molecule has 0 spiro atoms. The van der Waals surface area contributed by atoms with Gasteiger partial charge in [0.05, 0.1) is 12.7 Å². The number of fused-ring (bicyclic) bond motifs is 1. The molecule has 1 unspecified atom stereocenters. The van der Waals surface area contributed by atoms with E-state index in [4.69, 9.17) is 4.74 Å². The van der Waals surface area contributed by atoms with E-state index in [2.05, 4.69) is 5.32 Å². The smallest absolute Gasteiger partial charge is 0.125 e. The number of nitrogens with zero attached hydrogens (tertiary/aromatic N) is 1. The second-order valence-electron chi connectivity index (χ2n) is 4.82. The van der Waals surface area contributed by atoms with Crippen molar-refractivity contribution in [3.05, 3.63) is 29.6 Å². The molecule has 1 heterocycles. The third kappa shape index (κ3) is 3.89. The molecule has 0 amide bonds. The van der Waals surface area contributed by atoms with Crippen molar-refractivity contribution in [3.63, 3.8) is 0 Å². The maximum atomic E-state index is 13.2. The molecular weight excluding hydrogens is 247 g/mol. The van der Waals surface area contributed by atoms with E-state index in [1.165, 1.54) is 6.07 Å². The van der Waals surface area contributed by atoms with Crippen LogP contribution in [0.1, 0.15) is 5.56 Å². The lowest BCUT2D eigenvalue weighted by atomic mass is 10.1. The van der Waals surface area contributed by atoms with Crippen LogP contribution in [0.25, 0.3) is 0 Å². The zero-order valence-electron chi connectivity index (χ0n) is 11.2. The number of methoxy groups -OCH3 is 1. The van der Waals surface area contributed by atoms with Gasteiger partial charge in [-0.1, -0.05) is 6.07 Å². The SMILES string of the molecule is COCCNCC(O)CN1CCc2ccc(F)cc21. The van der Waals surface area contributed by atoms with Gasteiger partial charge in [-0.15, -0.1) is 0 Å². The van der Waals surface area contributed by atoms with Crippen molar-refractivity contribution in [1.29, 1.82) is 0 Å². The first kappa shape index (κ1) is 14.2. The highest BCUT2D eigenvalue weighted by Crippen LogP contribution is 2.28. The summed E-state index contributed by atoms with van der Waals surface area (Å²) in [6.07, 6.45) is 0.450. The van der Waals surface area contributed by atoms with Crippen LogP contribution in [0.3, 0.4) is 0 Å². The normalized spacial score (nSPS) is 15.6. The molecule has 2 rings (SSSR count). The van der Waals surface area contributed by atoms with Gasteiger partial charge in [0.25, 0.3) is 0 Å². The fourth-order valence-corrected chi connectivity index (χ4v) is 2.37. The van der Waals surface area contributed by atoms with E-state index >= 15 is 0 Å². The maximum absolute atomic E-state index is 13.2. The van der Waals surface area contributed by atoms with E-state index < -0.39 is 6.10 Å². The van der Waals surface area contributed by atoms with E-state index in [9.17, 15) is 9.50 Å². The van der Waals surface area contributed by atoms with E-state index in [1.54, 1.807) is 13.2 Å². The Morgan fingerprint density at radius 2 is 2.37 bits per heavy atom. The lowest BCUT2D eigenvalue weighted by molar-refractivity contribution is 0.164. The first-order valence-corrected chi connectivity index (χ1v) is 6.62. The monoisotopic (exact) mass is 268 g/mol. The van der Waals surface area contributed by atoms with Gasteiger partial charge in [0.15, 0.2) is 0 Å². The van der Waals surface area contributed by atoms with Crippen LogP contribution in [0, 0.1) is 5.82 Å². The third-order valence-corrected chi connectivity index (χ3v) is 3.33. The van der Waals surface area contributed by atoms with Gasteiger partial charge in [0.2, 0.25) is 0 Å². The Morgan fingerprint density at radius 3 is 3.16 bits per heavy atom. The Balaban J connectivity index is 1.83. The van der Waals surface area contributed by atoms with Gasteiger partial charge in [0.1, 0.15) is 5.82 Å². The van der Waals surface area contributed by atoms with E-state index in [0.717, 1.165) is 30.8 Å². The van der Waals surface area contributed by atoms with Crippen molar-refractivity contribution in [2.24, 2.45) is 0 Å². The van der Waals surface area contributed by atoms with Gasteiger partial charge in [0, 0.05) is 39.0 Å². The van der Waals surface area contributed by atoms with Crippen molar-refractivity contribution in [2.75, 3.05) is 44.8 Å². The van der Waals surface area contributed by atoms with Crippen LogP contribution >= 0.6 is 0 Å². The zero-order chi connectivity index (χ0) is 13.7. The maximum Gasteiger partial charge on any atom is 0.125 e. The van der Waals surface area contributed by atoms with Crippen LogP contribution in [-0.2, 0) is 11.2 Å². The van der Waals surface area contributed by atoms with Crippen LogP contribution in [0.5, 0.6) is 0 Å². The van der Waals surface area contributed by atoms with Crippen molar-refractivity contribution >= 4 is 5.69 Å². The predicted molar refractivity (Wildman–Crippen MR) is 73.1 cm³/mol. The number of β-amino-alcohol motifs (C(OH)–C–C–N with tert-alkyl or cyclic N) is 1. The molecule has 0 bridgehead atoms. The van der Waals surface area contributed by atoms with Gasteiger partial charge in [-0.2, -0.15) is 0 Å².